The third-order valence-electron chi connectivity index (χ3n) is 10.5. The Bertz CT molecular complexity index is 1750. The molecule has 4 rings (SSSR count). The summed E-state index contributed by atoms with van der Waals surface area (Å²) in [6.07, 6.45) is 17.3. The number of nitrogens with one attached hydrogen (secondary N) is 1. The SMILES string of the molecule is CCCCCCCCCCCCCCCCCCOC[C@H](COP(=O)(O)OC[C@H]1O[C@@](C)(c2ccc3c(N)ncnn23)[C@H](O)[C@@H]1O)NC(=O)c1cccc(C#N)c1. The molecule has 6 atom stereocenters. The number of phosphoric acid groups is 1. The maximum Gasteiger partial charge on any atom is 0.472 e. The molecule has 15 nitrogen and oxygen atoms in total. The number of nitrogen functional groups attached to an aromatic ring is 1. The summed E-state index contributed by atoms with van der Waals surface area (Å²) < 4.78 is 36.9. The monoisotopic (exact) mass is 814 g/mol. The number of aliphatic hydroxyl groups excluding tert-OH is 2. The number of anilines is 1. The zero-order chi connectivity index (χ0) is 41.1. The Morgan fingerprint density at radius 1 is 0.982 bits per heavy atom. The van der Waals surface area contributed by atoms with Crippen LogP contribution in [-0.2, 0) is 28.7 Å². The van der Waals surface area contributed by atoms with Gasteiger partial charge in [0, 0.05) is 12.2 Å². The average Bonchev–Trinajstić information content (AvgIpc) is 3.75. The lowest BCUT2D eigenvalue weighted by molar-refractivity contribution is -0.0889. The van der Waals surface area contributed by atoms with Gasteiger partial charge in [0.25, 0.3) is 5.91 Å². The molecule has 1 aliphatic heterocycles. The van der Waals surface area contributed by atoms with Crippen molar-refractivity contribution in [2.45, 2.75) is 147 Å². The van der Waals surface area contributed by atoms with E-state index in [0.29, 0.717) is 23.4 Å². The first-order valence-corrected chi connectivity index (χ1v) is 22.1. The quantitative estimate of drug-likeness (QED) is 0.0379. The van der Waals surface area contributed by atoms with Crippen LogP contribution in [0, 0.1) is 11.3 Å². The third-order valence-corrected chi connectivity index (χ3v) is 11.5. The van der Waals surface area contributed by atoms with Gasteiger partial charge in [-0.05, 0) is 43.7 Å². The van der Waals surface area contributed by atoms with Crippen molar-refractivity contribution in [3.05, 3.63) is 59.5 Å². The second-order valence-electron chi connectivity index (χ2n) is 15.2. The lowest BCUT2D eigenvalue weighted by Gasteiger charge is -2.27. The van der Waals surface area contributed by atoms with Crippen LogP contribution in [0.5, 0.6) is 0 Å². The Kier molecular flexibility index (Phi) is 19.3. The van der Waals surface area contributed by atoms with Crippen molar-refractivity contribution in [2.24, 2.45) is 0 Å². The molecule has 0 saturated carbocycles. The van der Waals surface area contributed by atoms with Crippen LogP contribution in [0.4, 0.5) is 5.82 Å². The number of phosphoric ester groups is 1. The first kappa shape index (κ1) is 46.2. The molecule has 0 spiro atoms. The number of aromatic nitrogens is 3. The Balaban J connectivity index is 1.19. The van der Waals surface area contributed by atoms with E-state index in [-0.39, 0.29) is 18.0 Å². The largest absolute Gasteiger partial charge is 0.472 e. The zero-order valence-corrected chi connectivity index (χ0v) is 34.5. The first-order valence-electron chi connectivity index (χ1n) is 20.6. The summed E-state index contributed by atoms with van der Waals surface area (Å²) in [7, 11) is -4.76. The fraction of sp³-hybridized carbons (Fsp3) is 0.659. The summed E-state index contributed by atoms with van der Waals surface area (Å²) >= 11 is 0. The highest BCUT2D eigenvalue weighted by atomic mass is 31.2. The number of unbranched alkanes of at least 4 members (excludes halogenated alkanes) is 15. The minimum absolute atomic E-state index is 0.00322. The van der Waals surface area contributed by atoms with Gasteiger partial charge in [-0.1, -0.05) is 109 Å². The molecule has 1 amide bonds. The highest BCUT2D eigenvalue weighted by Crippen LogP contribution is 2.46. The summed E-state index contributed by atoms with van der Waals surface area (Å²) in [5.74, 6) is -0.303. The number of amides is 1. The maximum atomic E-state index is 13.1. The molecule has 3 aromatic rings. The van der Waals surface area contributed by atoms with Gasteiger partial charge in [-0.25, -0.2) is 14.1 Å². The molecule has 2 aromatic heterocycles. The van der Waals surface area contributed by atoms with E-state index in [2.05, 4.69) is 22.3 Å². The molecule has 16 heteroatoms. The van der Waals surface area contributed by atoms with Crippen molar-refractivity contribution in [1.29, 1.82) is 5.26 Å². The van der Waals surface area contributed by atoms with Gasteiger partial charge in [-0.2, -0.15) is 10.4 Å². The molecule has 0 bridgehead atoms. The van der Waals surface area contributed by atoms with Gasteiger partial charge in [0.1, 0.15) is 35.8 Å². The highest BCUT2D eigenvalue weighted by Gasteiger charge is 2.54. The zero-order valence-electron chi connectivity index (χ0n) is 33.6. The molecule has 1 unspecified atom stereocenters. The van der Waals surface area contributed by atoms with Crippen molar-refractivity contribution < 1.29 is 43.0 Å². The van der Waals surface area contributed by atoms with Crippen molar-refractivity contribution in [1.82, 2.24) is 19.9 Å². The summed E-state index contributed by atoms with van der Waals surface area (Å²) in [6, 6.07) is 10.6. The summed E-state index contributed by atoms with van der Waals surface area (Å²) in [5, 5.41) is 38.0. The normalized spacial score (nSPS) is 21.0. The predicted octanol–water partition coefficient (Wildman–Crippen LogP) is 6.73. The summed E-state index contributed by atoms with van der Waals surface area (Å²) in [4.78, 5) is 27.6. The number of rotatable bonds is 28. The topological polar surface area (TPSA) is 224 Å². The molecule has 57 heavy (non-hydrogen) atoms. The molecule has 0 radical (unpaired) electrons. The molecule has 0 aliphatic carbocycles. The van der Waals surface area contributed by atoms with E-state index in [1.165, 1.54) is 100 Å². The second kappa shape index (κ2) is 23.8. The first-order chi connectivity index (χ1) is 27.5. The van der Waals surface area contributed by atoms with E-state index in [0.717, 1.165) is 19.3 Å². The Hall–Kier alpha value is -3.45. The summed E-state index contributed by atoms with van der Waals surface area (Å²) in [6.45, 7) is 3.20. The van der Waals surface area contributed by atoms with Gasteiger partial charge >= 0.3 is 7.82 Å². The number of aliphatic hydroxyl groups is 2. The van der Waals surface area contributed by atoms with Crippen LogP contribution in [0.2, 0.25) is 0 Å². The van der Waals surface area contributed by atoms with Crippen molar-refractivity contribution in [3.63, 3.8) is 0 Å². The van der Waals surface area contributed by atoms with Crippen LogP contribution in [0.15, 0.2) is 42.7 Å². The van der Waals surface area contributed by atoms with E-state index in [1.54, 1.807) is 37.3 Å². The van der Waals surface area contributed by atoms with Crippen molar-refractivity contribution >= 4 is 25.1 Å². The van der Waals surface area contributed by atoms with Gasteiger partial charge in [0.2, 0.25) is 0 Å². The van der Waals surface area contributed by atoms with Crippen LogP contribution in [0.3, 0.4) is 0 Å². The van der Waals surface area contributed by atoms with Gasteiger partial charge in [-0.3, -0.25) is 13.8 Å². The minimum atomic E-state index is -4.76. The number of benzene rings is 1. The molecule has 1 saturated heterocycles. The smallest absolute Gasteiger partial charge is 0.387 e. The highest BCUT2D eigenvalue weighted by molar-refractivity contribution is 7.47. The molecular weight excluding hydrogens is 751 g/mol. The number of carbonyl (C=O) groups is 1. The number of carbonyl (C=O) groups excluding carboxylic acids is 1. The van der Waals surface area contributed by atoms with Crippen LogP contribution in [0.1, 0.15) is 138 Å². The van der Waals surface area contributed by atoms with E-state index < -0.39 is 56.9 Å². The number of nitrogens with zero attached hydrogens (tertiary/aromatic N) is 4. The minimum Gasteiger partial charge on any atom is -0.387 e. The summed E-state index contributed by atoms with van der Waals surface area (Å²) in [5.41, 5.74) is 5.86. The molecule has 1 aliphatic rings. The van der Waals surface area contributed by atoms with E-state index >= 15 is 0 Å². The van der Waals surface area contributed by atoms with E-state index in [9.17, 15) is 29.7 Å². The molecule has 6 N–H and O–H groups in total. The number of ether oxygens (including phenoxy) is 2. The second-order valence-corrected chi connectivity index (χ2v) is 16.6. The molecular formula is C41H63N6O9P. The Morgan fingerprint density at radius 2 is 1.61 bits per heavy atom. The van der Waals surface area contributed by atoms with Gasteiger partial charge in [0.05, 0.1) is 43.2 Å². The van der Waals surface area contributed by atoms with Gasteiger partial charge in [0.15, 0.2) is 5.82 Å². The lowest BCUT2D eigenvalue weighted by atomic mass is 9.93. The van der Waals surface area contributed by atoms with Crippen molar-refractivity contribution in [3.8, 4) is 6.07 Å². The van der Waals surface area contributed by atoms with Crippen LogP contribution in [0.25, 0.3) is 5.52 Å². The Labute approximate surface area is 336 Å². The number of fused-ring (bicyclic) bond motifs is 1. The van der Waals surface area contributed by atoms with Crippen LogP contribution >= 0.6 is 7.82 Å². The standard InChI is InChI=1S/C41H63N6O9P/c1-3-4-5-6-7-8-9-10-11-12-13-14-15-16-17-18-24-53-27-33(46-40(50)32-21-19-20-31(25-32)26-42)28-54-57(51,52)55-29-35-37(48)38(49)41(2,56-35)36-23-22-34-39(43)44-30-45-47(34)36/h19-23,25,30,33,35,37-38,48-49H,3-18,24,27-29H2,1-2H3,(H,46,50)(H,51,52)(H2,43,44,45)/t33-,35-,37-,38-,41+/m1/s1. The number of hydrogen-bond donors (Lipinski definition) is 5. The molecule has 1 fully saturated rings. The molecule has 316 valence electrons. The molecule has 1 aromatic carbocycles. The number of nitriles is 1. The van der Waals surface area contributed by atoms with E-state index in [1.807, 2.05) is 6.07 Å². The van der Waals surface area contributed by atoms with Crippen LogP contribution in [-0.4, -0.2) is 86.4 Å². The number of nitrogens with two attached hydrogens (primary N) is 1. The van der Waals surface area contributed by atoms with Crippen LogP contribution < -0.4 is 11.1 Å². The van der Waals surface area contributed by atoms with Crippen molar-refractivity contribution in [2.75, 3.05) is 32.2 Å². The lowest BCUT2D eigenvalue weighted by Crippen LogP contribution is -2.41. The van der Waals surface area contributed by atoms with Gasteiger partial charge < -0.3 is 35.6 Å². The average molecular weight is 815 g/mol. The predicted molar refractivity (Wildman–Crippen MR) is 216 cm³/mol. The molecule has 3 heterocycles. The maximum absolute atomic E-state index is 13.1. The third kappa shape index (κ3) is 14.4. The Morgan fingerprint density at radius 3 is 2.25 bits per heavy atom. The fourth-order valence-electron chi connectivity index (χ4n) is 7.15. The fourth-order valence-corrected chi connectivity index (χ4v) is 7.93. The van der Waals surface area contributed by atoms with E-state index in [4.69, 9.17) is 24.3 Å². The van der Waals surface area contributed by atoms with Gasteiger partial charge in [-0.15, -0.1) is 0 Å². The number of hydrogen-bond acceptors (Lipinski definition) is 12.